The van der Waals surface area contributed by atoms with Crippen molar-refractivity contribution in [3.05, 3.63) is 88.5 Å². The molecule has 0 aliphatic carbocycles. The molecule has 0 saturated carbocycles. The zero-order valence-electron chi connectivity index (χ0n) is 12.3. The molecular formula is C12H6F2N4O8. The fraction of sp³-hybridized carbons (Fsp3) is 0. The van der Waals surface area contributed by atoms with Crippen molar-refractivity contribution in [2.75, 3.05) is 0 Å². The molecule has 0 fully saturated rings. The first kappa shape index (κ1) is 19.9. The number of para-hydroxylation sites is 2. The monoisotopic (exact) mass is 372 g/mol. The zero-order valence-corrected chi connectivity index (χ0v) is 12.3. The van der Waals surface area contributed by atoms with Crippen LogP contribution in [0.1, 0.15) is 0 Å². The third kappa shape index (κ3) is 4.47. The molecule has 0 aromatic heterocycles. The summed E-state index contributed by atoms with van der Waals surface area (Å²) < 4.78 is 25.4. The van der Waals surface area contributed by atoms with Crippen LogP contribution >= 0.6 is 0 Å². The predicted molar refractivity (Wildman–Crippen MR) is 79.4 cm³/mol. The Morgan fingerprint density at radius 3 is 1.08 bits per heavy atom. The van der Waals surface area contributed by atoms with Gasteiger partial charge in [0.1, 0.15) is 0 Å². The normalized spacial score (nSPS) is 9.62. The van der Waals surface area contributed by atoms with Crippen LogP contribution in [0.2, 0.25) is 0 Å². The van der Waals surface area contributed by atoms with Crippen molar-refractivity contribution in [3.8, 4) is 0 Å². The highest BCUT2D eigenvalue weighted by atomic mass is 19.1. The molecule has 0 heterocycles. The first-order valence-corrected chi connectivity index (χ1v) is 6.22. The van der Waals surface area contributed by atoms with Gasteiger partial charge < -0.3 is 0 Å². The molecule has 0 spiro atoms. The molecule has 0 unspecified atom stereocenters. The third-order valence-electron chi connectivity index (χ3n) is 2.69. The highest BCUT2D eigenvalue weighted by Gasteiger charge is 2.28. The number of hydrogen-bond donors (Lipinski definition) is 0. The number of halogens is 2. The molecular weight excluding hydrogens is 366 g/mol. The Hall–Kier alpha value is -4.10. The SMILES string of the molecule is O=[N+]([O-])c1cccc(F)c1[N+](=O)[O-].O=[N+]([O-])c1cccc(F)c1[N+](=O)[O-]. The van der Waals surface area contributed by atoms with Crippen LogP contribution in [0.4, 0.5) is 31.5 Å². The summed E-state index contributed by atoms with van der Waals surface area (Å²) in [5, 5.41) is 40.8. The van der Waals surface area contributed by atoms with Crippen LogP contribution in [0.25, 0.3) is 0 Å². The van der Waals surface area contributed by atoms with Crippen LogP contribution in [0, 0.1) is 52.1 Å². The van der Waals surface area contributed by atoms with Crippen LogP contribution in [0.3, 0.4) is 0 Å². The molecule has 0 amide bonds. The Kier molecular flexibility index (Phi) is 6.24. The Bertz CT molecular complexity index is 831. The van der Waals surface area contributed by atoms with E-state index in [1.165, 1.54) is 0 Å². The summed E-state index contributed by atoms with van der Waals surface area (Å²) >= 11 is 0. The van der Waals surface area contributed by atoms with Crippen LogP contribution < -0.4 is 0 Å². The Labute approximate surface area is 140 Å². The molecule has 0 aliphatic rings. The smallest absolute Gasteiger partial charge is 0.258 e. The van der Waals surface area contributed by atoms with Crippen molar-refractivity contribution in [1.82, 2.24) is 0 Å². The molecule has 12 nitrogen and oxygen atoms in total. The summed E-state index contributed by atoms with van der Waals surface area (Å²) in [6.45, 7) is 0. The van der Waals surface area contributed by atoms with E-state index in [1.807, 2.05) is 0 Å². The lowest BCUT2D eigenvalue weighted by molar-refractivity contribution is -0.424. The number of rotatable bonds is 4. The molecule has 2 rings (SSSR count). The summed E-state index contributed by atoms with van der Waals surface area (Å²) in [5.41, 5.74) is -3.89. The lowest BCUT2D eigenvalue weighted by atomic mass is 10.2. The molecule has 0 bridgehead atoms. The second kappa shape index (κ2) is 8.13. The fourth-order valence-electron chi connectivity index (χ4n) is 1.66. The van der Waals surface area contributed by atoms with E-state index in [-0.39, 0.29) is 0 Å². The standard InChI is InChI=1S/2C6H3FN2O4/c2*7-4-2-1-3-5(8(10)11)6(4)9(12)13/h2*1-3H. The van der Waals surface area contributed by atoms with Gasteiger partial charge in [-0.15, -0.1) is 0 Å². The molecule has 0 saturated heterocycles. The zero-order chi connectivity index (χ0) is 20.0. The van der Waals surface area contributed by atoms with Gasteiger partial charge in [-0.3, -0.25) is 40.5 Å². The van der Waals surface area contributed by atoms with Gasteiger partial charge in [-0.25, -0.2) is 0 Å². The van der Waals surface area contributed by atoms with Gasteiger partial charge in [-0.2, -0.15) is 8.78 Å². The lowest BCUT2D eigenvalue weighted by Crippen LogP contribution is -1.98. The van der Waals surface area contributed by atoms with Crippen LogP contribution in [-0.4, -0.2) is 19.7 Å². The fourth-order valence-corrected chi connectivity index (χ4v) is 1.66. The minimum Gasteiger partial charge on any atom is -0.258 e. The van der Waals surface area contributed by atoms with Gasteiger partial charge in [0.25, 0.3) is 0 Å². The highest BCUT2D eigenvalue weighted by Crippen LogP contribution is 2.29. The lowest BCUT2D eigenvalue weighted by Gasteiger charge is -1.94. The van der Waals surface area contributed by atoms with E-state index in [9.17, 15) is 49.2 Å². The molecule has 2 aromatic carbocycles. The number of benzene rings is 2. The minimum atomic E-state index is -1.21. The van der Waals surface area contributed by atoms with Crippen molar-refractivity contribution in [1.29, 1.82) is 0 Å². The van der Waals surface area contributed by atoms with Gasteiger partial charge in [-0.1, -0.05) is 12.1 Å². The van der Waals surface area contributed by atoms with Crippen LogP contribution in [-0.2, 0) is 0 Å². The molecule has 0 N–H and O–H groups in total. The van der Waals surface area contributed by atoms with Crippen LogP contribution in [0.5, 0.6) is 0 Å². The van der Waals surface area contributed by atoms with Crippen molar-refractivity contribution in [2.45, 2.75) is 0 Å². The first-order chi connectivity index (χ1) is 12.1. The maximum Gasteiger partial charge on any atom is 0.381 e. The number of nitro groups is 4. The van der Waals surface area contributed by atoms with Crippen molar-refractivity contribution < 1.29 is 28.5 Å². The molecule has 0 aliphatic heterocycles. The van der Waals surface area contributed by atoms with Gasteiger partial charge in [0, 0.05) is 12.1 Å². The van der Waals surface area contributed by atoms with Crippen LogP contribution in [0.15, 0.2) is 36.4 Å². The topological polar surface area (TPSA) is 173 Å². The highest BCUT2D eigenvalue weighted by molar-refractivity contribution is 5.53. The Morgan fingerprint density at radius 2 is 0.885 bits per heavy atom. The van der Waals surface area contributed by atoms with E-state index in [0.717, 1.165) is 36.4 Å². The minimum absolute atomic E-state index is 0.797. The average Bonchev–Trinajstić information content (AvgIpc) is 2.54. The third-order valence-corrected chi connectivity index (χ3v) is 2.69. The Balaban J connectivity index is 0.000000260. The average molecular weight is 372 g/mol. The summed E-state index contributed by atoms with van der Waals surface area (Å²) in [7, 11) is 0. The number of nitrogens with zero attached hydrogens (tertiary/aromatic N) is 4. The molecule has 2 aromatic rings. The van der Waals surface area contributed by atoms with E-state index in [1.54, 1.807) is 0 Å². The predicted octanol–water partition coefficient (Wildman–Crippen LogP) is 3.28. The summed E-state index contributed by atoms with van der Waals surface area (Å²) in [4.78, 5) is 36.6. The summed E-state index contributed by atoms with van der Waals surface area (Å²) in [6, 6.07) is 5.43. The molecule has 26 heavy (non-hydrogen) atoms. The second-order valence-electron chi connectivity index (χ2n) is 4.24. The molecule has 136 valence electrons. The van der Waals surface area contributed by atoms with Crippen molar-refractivity contribution >= 4 is 22.7 Å². The van der Waals surface area contributed by atoms with E-state index in [2.05, 4.69) is 0 Å². The first-order valence-electron chi connectivity index (χ1n) is 6.22. The number of hydrogen-bond acceptors (Lipinski definition) is 8. The van der Waals surface area contributed by atoms with Gasteiger partial charge >= 0.3 is 22.7 Å². The van der Waals surface area contributed by atoms with E-state index in [4.69, 9.17) is 0 Å². The summed E-state index contributed by atoms with van der Waals surface area (Å²) in [6.07, 6.45) is 0. The van der Waals surface area contributed by atoms with Crippen molar-refractivity contribution in [2.24, 2.45) is 0 Å². The molecule has 14 heteroatoms. The molecule has 0 atom stereocenters. The maximum absolute atomic E-state index is 12.7. The van der Waals surface area contributed by atoms with Crippen molar-refractivity contribution in [3.63, 3.8) is 0 Å². The van der Waals surface area contributed by atoms with E-state index in [0.29, 0.717) is 0 Å². The van der Waals surface area contributed by atoms with Gasteiger partial charge in [-0.05, 0) is 12.1 Å². The largest absolute Gasteiger partial charge is 0.381 e. The molecule has 0 radical (unpaired) electrons. The Morgan fingerprint density at radius 1 is 0.577 bits per heavy atom. The van der Waals surface area contributed by atoms with Gasteiger partial charge in [0.2, 0.25) is 11.6 Å². The summed E-state index contributed by atoms with van der Waals surface area (Å²) in [5.74, 6) is -2.42. The second-order valence-corrected chi connectivity index (χ2v) is 4.24. The quantitative estimate of drug-likeness (QED) is 0.580. The van der Waals surface area contributed by atoms with Gasteiger partial charge in [0.15, 0.2) is 0 Å². The van der Waals surface area contributed by atoms with E-state index >= 15 is 0 Å². The maximum atomic E-state index is 12.7. The van der Waals surface area contributed by atoms with E-state index < -0.39 is 54.1 Å². The number of nitro benzene ring substituents is 4. The van der Waals surface area contributed by atoms with Gasteiger partial charge in [0.05, 0.1) is 19.7 Å².